The van der Waals surface area contributed by atoms with Gasteiger partial charge >= 0.3 is 0 Å². The van der Waals surface area contributed by atoms with Gasteiger partial charge in [-0.15, -0.1) is 5.10 Å². The Morgan fingerprint density at radius 2 is 2.00 bits per heavy atom. The first-order valence-electron chi connectivity index (χ1n) is 4.67. The van der Waals surface area contributed by atoms with Crippen LogP contribution < -0.4 is 10.3 Å². The number of nitrogens with one attached hydrogen (secondary N) is 1. The Bertz CT molecular complexity index is 597. The van der Waals surface area contributed by atoms with Crippen molar-refractivity contribution >= 4 is 16.3 Å². The molecule has 0 aliphatic carbocycles. The summed E-state index contributed by atoms with van der Waals surface area (Å²) in [5.74, 6) is -0.443. The van der Waals surface area contributed by atoms with Crippen LogP contribution in [0.15, 0.2) is 46.3 Å². The highest BCUT2D eigenvalue weighted by Crippen LogP contribution is 2.16. The Kier molecular flexibility index (Phi) is 3.17. The summed E-state index contributed by atoms with van der Waals surface area (Å²) < 4.78 is 43.1. The number of rotatable bonds is 3. The van der Waals surface area contributed by atoms with Gasteiger partial charge in [-0.05, 0) is 29.5 Å². The molecule has 0 bridgehead atoms. The summed E-state index contributed by atoms with van der Waals surface area (Å²) in [6, 6.07) is 4.86. The predicted octanol–water partition coefficient (Wildman–Crippen LogP) is 0.844. The molecule has 0 amide bonds. The van der Waals surface area contributed by atoms with Gasteiger partial charge in [0.05, 0.1) is 11.1 Å². The van der Waals surface area contributed by atoms with Crippen molar-refractivity contribution in [3.05, 3.63) is 36.3 Å². The number of allylic oxidation sites excluding steroid dienone is 1. The van der Waals surface area contributed by atoms with Crippen LogP contribution in [-0.2, 0) is 10.1 Å². The van der Waals surface area contributed by atoms with Crippen molar-refractivity contribution < 1.29 is 22.2 Å². The number of hydrogen-bond acceptors (Lipinski definition) is 6. The fraction of sp³-hybridized carbons (Fsp3) is 0. The maximum Gasteiger partial charge on any atom is 0.294 e. The van der Waals surface area contributed by atoms with Crippen LogP contribution >= 0.6 is 0 Å². The zero-order chi connectivity index (χ0) is 13.2. The van der Waals surface area contributed by atoms with Crippen molar-refractivity contribution in [1.82, 2.24) is 10.7 Å². The highest BCUT2D eigenvalue weighted by atomic mass is 32.2. The average Bonchev–Trinajstić information content (AvgIpc) is 2.28. The minimum atomic E-state index is -4.24. The highest BCUT2D eigenvalue weighted by Gasteiger charge is 2.11. The van der Waals surface area contributed by atoms with Crippen molar-refractivity contribution in [3.8, 4) is 5.75 Å². The molecule has 0 atom stereocenters. The van der Waals surface area contributed by atoms with Crippen molar-refractivity contribution in [2.45, 2.75) is 4.90 Å². The minimum Gasteiger partial charge on any atom is -0.343 e. The number of hydrazine groups is 1. The second kappa shape index (κ2) is 4.63. The van der Waals surface area contributed by atoms with Gasteiger partial charge in [0.15, 0.2) is 5.75 Å². The summed E-state index contributed by atoms with van der Waals surface area (Å²) in [4.78, 5) is 4.79. The van der Waals surface area contributed by atoms with E-state index in [2.05, 4.69) is 10.5 Å². The SMILES string of the molecule is O=S(=O)(O)c1ccc(ON2N=CC=C(F)N2)cc1. The molecule has 0 saturated carbocycles. The Morgan fingerprint density at radius 3 is 2.56 bits per heavy atom. The lowest BCUT2D eigenvalue weighted by atomic mass is 10.3. The van der Waals surface area contributed by atoms with E-state index >= 15 is 0 Å². The van der Waals surface area contributed by atoms with Crippen LogP contribution in [0.4, 0.5) is 4.39 Å². The first-order valence-corrected chi connectivity index (χ1v) is 6.11. The van der Waals surface area contributed by atoms with E-state index < -0.39 is 16.1 Å². The summed E-state index contributed by atoms with van der Waals surface area (Å²) in [7, 11) is -4.24. The number of hydrogen-bond donors (Lipinski definition) is 2. The van der Waals surface area contributed by atoms with Gasteiger partial charge in [0.25, 0.3) is 10.1 Å². The molecule has 1 aliphatic heterocycles. The van der Waals surface area contributed by atoms with Crippen LogP contribution in [0.5, 0.6) is 5.75 Å². The second-order valence-electron chi connectivity index (χ2n) is 3.20. The Labute approximate surface area is 102 Å². The zero-order valence-corrected chi connectivity index (χ0v) is 9.63. The van der Waals surface area contributed by atoms with Crippen LogP contribution in [0.3, 0.4) is 0 Å². The van der Waals surface area contributed by atoms with E-state index in [-0.39, 0.29) is 10.6 Å². The standard InChI is InChI=1S/C9H8FN3O4S/c10-9-5-6-11-13(12-9)17-7-1-3-8(4-2-7)18(14,15)16/h1-6,12H,(H,14,15,16). The second-order valence-corrected chi connectivity index (χ2v) is 4.62. The van der Waals surface area contributed by atoms with E-state index in [9.17, 15) is 12.8 Å². The van der Waals surface area contributed by atoms with E-state index in [0.717, 1.165) is 23.5 Å². The lowest BCUT2D eigenvalue weighted by molar-refractivity contribution is -0.102. The Balaban J connectivity index is 2.08. The molecule has 0 saturated heterocycles. The van der Waals surface area contributed by atoms with E-state index in [0.29, 0.717) is 0 Å². The van der Waals surface area contributed by atoms with E-state index in [1.54, 1.807) is 0 Å². The molecule has 1 aromatic carbocycles. The van der Waals surface area contributed by atoms with Gasteiger partial charge in [0.1, 0.15) is 0 Å². The molecule has 1 heterocycles. The first-order chi connectivity index (χ1) is 8.45. The molecule has 1 aliphatic rings. The first kappa shape index (κ1) is 12.3. The third-order valence-electron chi connectivity index (χ3n) is 1.91. The molecule has 0 fully saturated rings. The van der Waals surface area contributed by atoms with Crippen LogP contribution in [0, 0.1) is 0 Å². The molecule has 7 nitrogen and oxygen atoms in total. The van der Waals surface area contributed by atoms with E-state index in [1.807, 2.05) is 0 Å². The molecule has 2 rings (SSSR count). The molecule has 0 radical (unpaired) electrons. The summed E-state index contributed by atoms with van der Waals surface area (Å²) >= 11 is 0. The van der Waals surface area contributed by atoms with Gasteiger partial charge in [-0.3, -0.25) is 4.55 Å². The summed E-state index contributed by atoms with van der Waals surface area (Å²) in [5.41, 5.74) is 2.15. The Morgan fingerprint density at radius 1 is 1.33 bits per heavy atom. The van der Waals surface area contributed by atoms with E-state index in [4.69, 9.17) is 9.39 Å². The summed E-state index contributed by atoms with van der Waals surface area (Å²) in [5, 5.41) is 4.40. The van der Waals surface area contributed by atoms with Gasteiger partial charge in [0.2, 0.25) is 5.95 Å². The molecular formula is C9H8FN3O4S. The molecule has 9 heteroatoms. The fourth-order valence-electron chi connectivity index (χ4n) is 1.14. The van der Waals surface area contributed by atoms with Crippen LogP contribution in [0.1, 0.15) is 0 Å². The molecule has 0 spiro atoms. The van der Waals surface area contributed by atoms with Crippen LogP contribution in [-0.4, -0.2) is 24.5 Å². The number of halogens is 1. The maximum absolute atomic E-state index is 12.8. The third kappa shape index (κ3) is 2.96. The van der Waals surface area contributed by atoms with Crippen molar-refractivity contribution in [2.24, 2.45) is 5.10 Å². The number of nitrogens with zero attached hydrogens (tertiary/aromatic N) is 2. The van der Waals surface area contributed by atoms with Gasteiger partial charge in [0, 0.05) is 6.08 Å². The quantitative estimate of drug-likeness (QED) is 0.626. The molecule has 2 N–H and O–H groups in total. The van der Waals surface area contributed by atoms with Gasteiger partial charge in [-0.1, -0.05) is 0 Å². The highest BCUT2D eigenvalue weighted by molar-refractivity contribution is 7.85. The maximum atomic E-state index is 12.8. The van der Waals surface area contributed by atoms with Crippen LogP contribution in [0.25, 0.3) is 0 Å². The van der Waals surface area contributed by atoms with Gasteiger partial charge in [-0.25, -0.2) is 5.43 Å². The van der Waals surface area contributed by atoms with Gasteiger partial charge < -0.3 is 4.84 Å². The molecular weight excluding hydrogens is 265 g/mol. The summed E-state index contributed by atoms with van der Waals surface area (Å²) in [6.07, 6.45) is 2.28. The molecule has 96 valence electrons. The molecule has 0 aromatic heterocycles. The minimum absolute atomic E-state index is 0.210. The monoisotopic (exact) mass is 273 g/mol. The smallest absolute Gasteiger partial charge is 0.294 e. The average molecular weight is 273 g/mol. The topological polar surface area (TPSA) is 91.2 Å². The Hall–Kier alpha value is -2.13. The van der Waals surface area contributed by atoms with Crippen LogP contribution in [0.2, 0.25) is 0 Å². The van der Waals surface area contributed by atoms with Crippen molar-refractivity contribution in [3.63, 3.8) is 0 Å². The fourth-order valence-corrected chi connectivity index (χ4v) is 1.62. The number of benzene rings is 1. The lowest BCUT2D eigenvalue weighted by Crippen LogP contribution is -2.36. The molecule has 18 heavy (non-hydrogen) atoms. The molecule has 1 aromatic rings. The normalized spacial score (nSPS) is 15.0. The van der Waals surface area contributed by atoms with Crippen molar-refractivity contribution in [2.75, 3.05) is 0 Å². The zero-order valence-electron chi connectivity index (χ0n) is 8.82. The molecule has 0 unspecified atom stereocenters. The third-order valence-corrected chi connectivity index (χ3v) is 2.78. The largest absolute Gasteiger partial charge is 0.343 e. The van der Waals surface area contributed by atoms with Gasteiger partial charge in [-0.2, -0.15) is 12.8 Å². The van der Waals surface area contributed by atoms with Crippen molar-refractivity contribution in [1.29, 1.82) is 0 Å². The van der Waals surface area contributed by atoms with E-state index in [1.165, 1.54) is 18.3 Å². The number of hydrazone groups is 1. The predicted molar refractivity (Wildman–Crippen MR) is 59.5 cm³/mol. The summed E-state index contributed by atoms with van der Waals surface area (Å²) in [6.45, 7) is 0. The lowest BCUT2D eigenvalue weighted by Gasteiger charge is -2.20.